The number of aromatic amines is 1. The van der Waals surface area contributed by atoms with Gasteiger partial charge in [-0.2, -0.15) is 13.2 Å². The molecule has 1 aliphatic heterocycles. The lowest BCUT2D eigenvalue weighted by atomic mass is 10.0. The summed E-state index contributed by atoms with van der Waals surface area (Å²) >= 11 is 0. The molecule has 0 atom stereocenters. The number of hydrogen-bond acceptors (Lipinski definition) is 4. The molecular weight excluding hydrogens is 457 g/mol. The van der Waals surface area contributed by atoms with Gasteiger partial charge < -0.3 is 10.3 Å². The molecule has 35 heavy (non-hydrogen) atoms. The number of nitrogens with one attached hydrogen (secondary N) is 2. The second-order valence-corrected chi connectivity index (χ2v) is 7.98. The van der Waals surface area contributed by atoms with Crippen LogP contribution in [0.4, 0.5) is 29.3 Å². The maximum absolute atomic E-state index is 13.4. The number of carbonyl (C=O) groups is 1. The molecule has 0 fully saturated rings. The van der Waals surface area contributed by atoms with Crippen molar-refractivity contribution in [3.8, 4) is 11.3 Å². The maximum atomic E-state index is 13.4. The summed E-state index contributed by atoms with van der Waals surface area (Å²) in [6.07, 6.45) is 0.416. The van der Waals surface area contributed by atoms with E-state index < -0.39 is 17.8 Å². The number of carbonyl (C=O) groups excluding carboxylic acids is 1. The average Bonchev–Trinajstić information content (AvgIpc) is 3.27. The van der Waals surface area contributed by atoms with Crippen LogP contribution in [0.15, 0.2) is 73.7 Å². The van der Waals surface area contributed by atoms with E-state index in [2.05, 4.69) is 26.8 Å². The molecule has 2 N–H and O–H groups in total. The van der Waals surface area contributed by atoms with Gasteiger partial charge in [-0.05, 0) is 42.5 Å². The Morgan fingerprint density at radius 3 is 2.69 bits per heavy atom. The molecule has 5 aromatic rings. The van der Waals surface area contributed by atoms with E-state index in [9.17, 15) is 18.0 Å². The standard InChI is InChI=1S/C25H15F3N6O/c1-13-17-11-30-20-8-7-19(18-12-31-23-16(18)6-3-9-29-23)33-21(20)22(17)34(24(35)32-13)15-5-2-4-14(10-15)25(26,27)28/h2-12H,1H2,(H,29,31)(H,32,35). The van der Waals surface area contributed by atoms with E-state index in [1.54, 1.807) is 24.5 Å². The number of H-pyrrole nitrogens is 1. The van der Waals surface area contributed by atoms with Crippen LogP contribution < -0.4 is 10.2 Å². The summed E-state index contributed by atoms with van der Waals surface area (Å²) in [4.78, 5) is 30.9. The van der Waals surface area contributed by atoms with Crippen LogP contribution in [0.3, 0.4) is 0 Å². The van der Waals surface area contributed by atoms with Crippen molar-refractivity contribution in [3.63, 3.8) is 0 Å². The molecule has 0 saturated carbocycles. The van der Waals surface area contributed by atoms with E-state index in [4.69, 9.17) is 4.98 Å². The van der Waals surface area contributed by atoms with Crippen LogP contribution in [0.2, 0.25) is 0 Å². The summed E-state index contributed by atoms with van der Waals surface area (Å²) in [6, 6.07) is 11.2. The minimum absolute atomic E-state index is 0.0436. The van der Waals surface area contributed by atoms with Crippen LogP contribution in [0, 0.1) is 0 Å². The van der Waals surface area contributed by atoms with Crippen LogP contribution in [-0.2, 0) is 6.18 Å². The third kappa shape index (κ3) is 3.30. The maximum Gasteiger partial charge on any atom is 0.416 e. The number of hydrogen-bond donors (Lipinski definition) is 2. The number of fused-ring (bicyclic) bond motifs is 4. The highest BCUT2D eigenvalue weighted by atomic mass is 19.4. The van der Waals surface area contributed by atoms with Gasteiger partial charge in [0, 0.05) is 40.8 Å². The molecule has 0 spiro atoms. The normalized spacial score (nSPS) is 13.9. The molecule has 10 heteroatoms. The summed E-state index contributed by atoms with van der Waals surface area (Å²) in [5.41, 5.74) is 3.13. The summed E-state index contributed by atoms with van der Waals surface area (Å²) in [7, 11) is 0. The number of anilines is 2. The van der Waals surface area contributed by atoms with Gasteiger partial charge in [0.25, 0.3) is 0 Å². The molecule has 1 aromatic carbocycles. The quantitative estimate of drug-likeness (QED) is 0.329. The minimum atomic E-state index is -4.57. The van der Waals surface area contributed by atoms with Crippen molar-refractivity contribution in [3.05, 3.63) is 84.8 Å². The Hall–Kier alpha value is -4.73. The number of alkyl halides is 3. The highest BCUT2D eigenvalue weighted by molar-refractivity contribution is 6.14. The summed E-state index contributed by atoms with van der Waals surface area (Å²) in [6.45, 7) is 3.89. The number of aromatic nitrogens is 4. The van der Waals surface area contributed by atoms with Gasteiger partial charge in [-0.3, -0.25) is 9.88 Å². The van der Waals surface area contributed by atoms with Crippen molar-refractivity contribution in [1.82, 2.24) is 25.3 Å². The lowest BCUT2D eigenvalue weighted by Gasteiger charge is -2.31. The number of rotatable bonds is 2. The van der Waals surface area contributed by atoms with Gasteiger partial charge in [-0.25, -0.2) is 14.8 Å². The Morgan fingerprint density at radius 2 is 1.86 bits per heavy atom. The predicted octanol–water partition coefficient (Wildman–Crippen LogP) is 6.02. The molecule has 6 rings (SSSR count). The third-order valence-electron chi connectivity index (χ3n) is 5.85. The SMILES string of the molecule is C=C1NC(=O)N(c2cccc(C(F)(F)F)c2)c2c1cnc1ccc(-c3c[nH]c4ncccc34)nc21. The number of amides is 2. The Morgan fingerprint density at radius 1 is 1.00 bits per heavy atom. The van der Waals surface area contributed by atoms with Gasteiger partial charge in [0.1, 0.15) is 11.2 Å². The van der Waals surface area contributed by atoms with Gasteiger partial charge >= 0.3 is 12.2 Å². The van der Waals surface area contributed by atoms with Crippen molar-refractivity contribution in [2.75, 3.05) is 4.90 Å². The highest BCUT2D eigenvalue weighted by Crippen LogP contribution is 2.41. The first-order valence-electron chi connectivity index (χ1n) is 10.5. The van der Waals surface area contributed by atoms with Crippen molar-refractivity contribution >= 4 is 45.2 Å². The number of halogens is 3. The Balaban J connectivity index is 1.61. The largest absolute Gasteiger partial charge is 0.416 e. The molecule has 2 amide bonds. The zero-order chi connectivity index (χ0) is 24.3. The summed E-state index contributed by atoms with van der Waals surface area (Å²) < 4.78 is 40.3. The lowest BCUT2D eigenvalue weighted by Crippen LogP contribution is -2.40. The molecule has 0 saturated heterocycles. The van der Waals surface area contributed by atoms with E-state index in [1.807, 2.05) is 12.1 Å². The Kier molecular flexibility index (Phi) is 4.40. The Bertz CT molecular complexity index is 1670. The van der Waals surface area contributed by atoms with Crippen molar-refractivity contribution in [1.29, 1.82) is 0 Å². The fourth-order valence-electron chi connectivity index (χ4n) is 4.24. The third-order valence-corrected chi connectivity index (χ3v) is 5.85. The minimum Gasteiger partial charge on any atom is -0.345 e. The molecule has 5 heterocycles. The lowest BCUT2D eigenvalue weighted by molar-refractivity contribution is -0.137. The second-order valence-electron chi connectivity index (χ2n) is 7.98. The monoisotopic (exact) mass is 472 g/mol. The van der Waals surface area contributed by atoms with Gasteiger partial charge in [0.15, 0.2) is 0 Å². The van der Waals surface area contributed by atoms with E-state index >= 15 is 0 Å². The zero-order valence-electron chi connectivity index (χ0n) is 17.9. The molecule has 1 aliphatic rings. The van der Waals surface area contributed by atoms with Crippen molar-refractivity contribution in [2.45, 2.75) is 6.18 Å². The van der Waals surface area contributed by atoms with Gasteiger partial charge in [-0.15, -0.1) is 0 Å². The average molecular weight is 472 g/mol. The molecule has 0 radical (unpaired) electrons. The van der Waals surface area contributed by atoms with Gasteiger partial charge in [-0.1, -0.05) is 12.6 Å². The summed E-state index contributed by atoms with van der Waals surface area (Å²) in [5.74, 6) is 0. The van der Waals surface area contributed by atoms with Crippen LogP contribution in [0.25, 0.3) is 39.0 Å². The highest BCUT2D eigenvalue weighted by Gasteiger charge is 2.34. The molecule has 7 nitrogen and oxygen atoms in total. The number of benzene rings is 1. The molecule has 0 aliphatic carbocycles. The van der Waals surface area contributed by atoms with Crippen LogP contribution in [0.5, 0.6) is 0 Å². The zero-order valence-corrected chi connectivity index (χ0v) is 17.9. The second kappa shape index (κ2) is 7.39. The smallest absolute Gasteiger partial charge is 0.345 e. The van der Waals surface area contributed by atoms with Crippen LogP contribution in [-0.4, -0.2) is 26.0 Å². The first kappa shape index (κ1) is 20.8. The summed E-state index contributed by atoms with van der Waals surface area (Å²) in [5, 5.41) is 3.46. The fraction of sp³-hybridized carbons (Fsp3) is 0.0400. The number of nitrogens with zero attached hydrogens (tertiary/aromatic N) is 4. The van der Waals surface area contributed by atoms with E-state index in [1.165, 1.54) is 23.2 Å². The topological polar surface area (TPSA) is 86.8 Å². The molecular formula is C25H15F3N6O. The van der Waals surface area contributed by atoms with E-state index in [0.29, 0.717) is 33.6 Å². The van der Waals surface area contributed by atoms with Crippen LogP contribution in [0.1, 0.15) is 11.1 Å². The van der Waals surface area contributed by atoms with Crippen molar-refractivity contribution < 1.29 is 18.0 Å². The first-order chi connectivity index (χ1) is 16.8. The van der Waals surface area contributed by atoms with Crippen molar-refractivity contribution in [2.24, 2.45) is 0 Å². The van der Waals surface area contributed by atoms with Gasteiger partial charge in [0.2, 0.25) is 0 Å². The number of pyridine rings is 3. The molecule has 4 aromatic heterocycles. The van der Waals surface area contributed by atoms with Gasteiger partial charge in [0.05, 0.1) is 28.1 Å². The van der Waals surface area contributed by atoms with E-state index in [-0.39, 0.29) is 11.4 Å². The molecule has 172 valence electrons. The van der Waals surface area contributed by atoms with E-state index in [0.717, 1.165) is 23.1 Å². The Labute approximate surface area is 196 Å². The van der Waals surface area contributed by atoms with Crippen LogP contribution >= 0.6 is 0 Å². The fourth-order valence-corrected chi connectivity index (χ4v) is 4.24. The predicted molar refractivity (Wildman–Crippen MR) is 126 cm³/mol. The molecule has 0 bridgehead atoms. The molecule has 0 unspecified atom stereocenters. The number of urea groups is 1. The first-order valence-corrected chi connectivity index (χ1v) is 10.5.